The number of rotatable bonds is 9. The molecule has 0 bridgehead atoms. The third-order valence-corrected chi connectivity index (χ3v) is 4.31. The van der Waals surface area contributed by atoms with Crippen molar-refractivity contribution in [2.45, 2.75) is 45.2 Å². The minimum Gasteiger partial charge on any atom is -0.383 e. The van der Waals surface area contributed by atoms with Gasteiger partial charge in [-0.25, -0.2) is 0 Å². The van der Waals surface area contributed by atoms with E-state index in [1.54, 1.807) is 7.11 Å². The highest BCUT2D eigenvalue weighted by atomic mass is 35.5. The van der Waals surface area contributed by atoms with E-state index in [0.29, 0.717) is 12.1 Å². The zero-order chi connectivity index (χ0) is 15.2. The molecule has 0 heterocycles. The Hall–Kier alpha value is -0.770. The van der Waals surface area contributed by atoms with Crippen LogP contribution in [0.1, 0.15) is 44.7 Å². The minimum absolute atomic E-state index is 0.338. The predicted octanol–water partition coefficient (Wildman–Crippen LogP) is 4.02. The summed E-state index contributed by atoms with van der Waals surface area (Å²) in [6.45, 7) is 7.04. The van der Waals surface area contributed by atoms with Crippen LogP contribution in [0.3, 0.4) is 0 Å². The van der Waals surface area contributed by atoms with Crippen LogP contribution in [0, 0.1) is 0 Å². The molecule has 0 saturated heterocycles. The topological polar surface area (TPSA) is 24.5 Å². The molecule has 1 atom stereocenters. The molecule has 1 unspecified atom stereocenters. The Morgan fingerprint density at radius 3 is 2.76 bits per heavy atom. The van der Waals surface area contributed by atoms with Crippen LogP contribution in [0.4, 0.5) is 5.69 Å². The van der Waals surface area contributed by atoms with E-state index in [9.17, 15) is 0 Å². The monoisotopic (exact) mass is 310 g/mol. The molecule has 21 heavy (non-hydrogen) atoms. The zero-order valence-electron chi connectivity index (χ0n) is 13.4. The van der Waals surface area contributed by atoms with Gasteiger partial charge in [-0.2, -0.15) is 0 Å². The third-order valence-electron chi connectivity index (χ3n) is 4.01. The molecule has 1 saturated carbocycles. The van der Waals surface area contributed by atoms with E-state index in [-0.39, 0.29) is 0 Å². The van der Waals surface area contributed by atoms with Crippen molar-refractivity contribution >= 4 is 17.3 Å². The fourth-order valence-corrected chi connectivity index (χ4v) is 2.88. The summed E-state index contributed by atoms with van der Waals surface area (Å²) in [5.74, 6) is 0. The Kier molecular flexibility index (Phi) is 6.34. The molecule has 4 heteroatoms. The maximum atomic E-state index is 6.54. The Labute approximate surface area is 133 Å². The van der Waals surface area contributed by atoms with E-state index >= 15 is 0 Å². The zero-order valence-corrected chi connectivity index (χ0v) is 14.1. The largest absolute Gasteiger partial charge is 0.383 e. The van der Waals surface area contributed by atoms with E-state index in [1.807, 2.05) is 0 Å². The maximum absolute atomic E-state index is 6.54. The van der Waals surface area contributed by atoms with Crippen molar-refractivity contribution in [2.75, 3.05) is 31.7 Å². The second-order valence-electron chi connectivity index (χ2n) is 5.80. The fourth-order valence-electron chi connectivity index (χ4n) is 2.58. The molecule has 3 nitrogen and oxygen atoms in total. The van der Waals surface area contributed by atoms with Crippen molar-refractivity contribution < 1.29 is 4.74 Å². The highest BCUT2D eigenvalue weighted by Crippen LogP contribution is 2.36. The summed E-state index contributed by atoms with van der Waals surface area (Å²) in [5, 5.41) is 4.35. The van der Waals surface area contributed by atoms with Gasteiger partial charge in [-0.05, 0) is 50.4 Å². The maximum Gasteiger partial charge on any atom is 0.0643 e. The average Bonchev–Trinajstić information content (AvgIpc) is 3.31. The first-order valence-corrected chi connectivity index (χ1v) is 8.33. The number of hydrogen-bond donors (Lipinski definition) is 1. The summed E-state index contributed by atoms with van der Waals surface area (Å²) >= 11 is 6.54. The lowest BCUT2D eigenvalue weighted by atomic mass is 10.1. The molecule has 2 rings (SSSR count). The molecule has 0 amide bonds. The van der Waals surface area contributed by atoms with E-state index in [1.165, 1.54) is 18.4 Å². The number of anilines is 1. The van der Waals surface area contributed by atoms with Crippen LogP contribution in [0.15, 0.2) is 18.2 Å². The van der Waals surface area contributed by atoms with Crippen LogP contribution in [0.5, 0.6) is 0 Å². The smallest absolute Gasteiger partial charge is 0.0643 e. The highest BCUT2D eigenvalue weighted by molar-refractivity contribution is 6.33. The molecule has 1 aliphatic carbocycles. The number of benzene rings is 1. The summed E-state index contributed by atoms with van der Waals surface area (Å²) in [6, 6.07) is 7.43. The van der Waals surface area contributed by atoms with Gasteiger partial charge in [-0.1, -0.05) is 24.6 Å². The fraction of sp³-hybridized carbons (Fsp3) is 0.647. The van der Waals surface area contributed by atoms with Gasteiger partial charge in [0.25, 0.3) is 0 Å². The quantitative estimate of drug-likeness (QED) is 0.745. The highest BCUT2D eigenvalue weighted by Gasteiger charge is 2.30. The second kappa shape index (κ2) is 8.02. The molecule has 0 spiro atoms. The van der Waals surface area contributed by atoms with Crippen LogP contribution in [0.25, 0.3) is 0 Å². The summed E-state index contributed by atoms with van der Waals surface area (Å²) in [5.41, 5.74) is 2.39. The second-order valence-corrected chi connectivity index (χ2v) is 6.21. The predicted molar refractivity (Wildman–Crippen MR) is 90.4 cm³/mol. The lowest BCUT2D eigenvalue weighted by Gasteiger charge is -2.26. The third kappa shape index (κ3) is 4.60. The Morgan fingerprint density at radius 1 is 1.43 bits per heavy atom. The molecular formula is C17H27ClN2O. The van der Waals surface area contributed by atoms with Crippen molar-refractivity contribution in [1.29, 1.82) is 0 Å². The molecule has 1 aromatic carbocycles. The molecule has 1 aliphatic rings. The number of methoxy groups -OCH3 is 1. The van der Waals surface area contributed by atoms with E-state index in [0.717, 1.165) is 36.8 Å². The van der Waals surface area contributed by atoms with E-state index < -0.39 is 0 Å². The van der Waals surface area contributed by atoms with Crippen LogP contribution in [-0.4, -0.2) is 32.8 Å². The lowest BCUT2D eigenvalue weighted by Crippen LogP contribution is -2.29. The van der Waals surface area contributed by atoms with Gasteiger partial charge >= 0.3 is 0 Å². The van der Waals surface area contributed by atoms with Gasteiger partial charge in [0.15, 0.2) is 0 Å². The summed E-state index contributed by atoms with van der Waals surface area (Å²) in [4.78, 5) is 2.39. The number of ether oxygens (including phenoxy) is 1. The number of nitrogens with zero attached hydrogens (tertiary/aromatic N) is 1. The molecule has 1 aromatic rings. The van der Waals surface area contributed by atoms with Crippen LogP contribution in [-0.2, 0) is 4.74 Å². The molecule has 0 aliphatic heterocycles. The summed E-state index contributed by atoms with van der Waals surface area (Å²) in [6.07, 6.45) is 3.66. The first kappa shape index (κ1) is 16.6. The molecule has 0 radical (unpaired) electrons. The van der Waals surface area contributed by atoms with Crippen LogP contribution in [0.2, 0.25) is 5.02 Å². The Bertz CT molecular complexity index is 448. The van der Waals surface area contributed by atoms with Gasteiger partial charge < -0.3 is 15.0 Å². The molecular weight excluding hydrogens is 284 g/mol. The number of halogens is 1. The minimum atomic E-state index is 0.338. The van der Waals surface area contributed by atoms with Gasteiger partial charge in [0.05, 0.1) is 17.3 Å². The lowest BCUT2D eigenvalue weighted by molar-refractivity contribution is 0.205. The molecule has 1 fully saturated rings. The average molecular weight is 311 g/mol. The van der Waals surface area contributed by atoms with Gasteiger partial charge in [-0.15, -0.1) is 0 Å². The van der Waals surface area contributed by atoms with Crippen molar-refractivity contribution in [3.05, 3.63) is 28.8 Å². The Morgan fingerprint density at radius 2 is 2.19 bits per heavy atom. The van der Waals surface area contributed by atoms with Gasteiger partial charge in [0.2, 0.25) is 0 Å². The summed E-state index contributed by atoms with van der Waals surface area (Å²) in [7, 11) is 1.75. The van der Waals surface area contributed by atoms with E-state index in [2.05, 4.69) is 42.3 Å². The SMILES string of the molecule is CCCNC(C)c1ccc(N(CCOC)C2CC2)c(Cl)c1. The van der Waals surface area contributed by atoms with Crippen molar-refractivity contribution in [1.82, 2.24) is 5.32 Å². The molecule has 0 aromatic heterocycles. The number of hydrogen-bond acceptors (Lipinski definition) is 3. The van der Waals surface area contributed by atoms with Crippen molar-refractivity contribution in [3.63, 3.8) is 0 Å². The Balaban J connectivity index is 2.09. The van der Waals surface area contributed by atoms with Crippen molar-refractivity contribution in [3.8, 4) is 0 Å². The number of nitrogens with one attached hydrogen (secondary N) is 1. The standard InChI is InChI=1S/C17H27ClN2O/c1-4-9-19-13(2)14-5-8-17(16(18)12-14)20(10-11-21-3)15-6-7-15/h5,8,12-13,15,19H,4,6-7,9-11H2,1-3H3. The van der Waals surface area contributed by atoms with Gasteiger partial charge in [0, 0.05) is 25.7 Å². The summed E-state index contributed by atoms with van der Waals surface area (Å²) < 4.78 is 5.22. The first-order chi connectivity index (χ1) is 10.2. The normalized spacial score (nSPS) is 16.0. The van der Waals surface area contributed by atoms with E-state index in [4.69, 9.17) is 16.3 Å². The first-order valence-electron chi connectivity index (χ1n) is 7.95. The van der Waals surface area contributed by atoms with Crippen molar-refractivity contribution in [2.24, 2.45) is 0 Å². The molecule has 118 valence electrons. The van der Waals surface area contributed by atoms with Gasteiger partial charge in [0.1, 0.15) is 0 Å². The van der Waals surface area contributed by atoms with Crippen LogP contribution < -0.4 is 10.2 Å². The van der Waals surface area contributed by atoms with Crippen LogP contribution >= 0.6 is 11.6 Å². The molecule has 1 N–H and O–H groups in total. The van der Waals surface area contributed by atoms with Gasteiger partial charge in [-0.3, -0.25) is 0 Å².